The maximum atomic E-state index is 12.2. The zero-order chi connectivity index (χ0) is 22.1. The molecule has 164 valence electrons. The number of thioether (sulfide) groups is 1. The minimum absolute atomic E-state index is 0.161. The minimum Gasteiger partial charge on any atom is -0.492 e. The summed E-state index contributed by atoms with van der Waals surface area (Å²) in [6.07, 6.45) is -4.73. The number of nitrogens with zero attached hydrogens (tertiary/aromatic N) is 2. The van der Waals surface area contributed by atoms with Crippen molar-refractivity contribution in [1.82, 2.24) is 15.5 Å². The summed E-state index contributed by atoms with van der Waals surface area (Å²) < 4.78 is 46.5. The Hall–Kier alpha value is -2.99. The first-order valence-corrected chi connectivity index (χ1v) is 10.7. The van der Waals surface area contributed by atoms with Gasteiger partial charge in [0.05, 0.1) is 12.3 Å². The van der Waals surface area contributed by atoms with E-state index in [0.717, 1.165) is 5.75 Å². The molecule has 0 saturated carbocycles. The molecule has 0 radical (unpaired) electrons. The van der Waals surface area contributed by atoms with Crippen LogP contribution in [0.15, 0.2) is 58.9 Å². The Morgan fingerprint density at radius 1 is 1.03 bits per heavy atom. The Bertz CT molecular complexity index is 970. The van der Waals surface area contributed by atoms with Crippen LogP contribution in [0.1, 0.15) is 0 Å². The van der Waals surface area contributed by atoms with E-state index in [0.29, 0.717) is 28.3 Å². The number of aromatic nitrogens is 2. The van der Waals surface area contributed by atoms with Crippen molar-refractivity contribution in [3.05, 3.63) is 54.6 Å². The van der Waals surface area contributed by atoms with Crippen molar-refractivity contribution in [1.29, 1.82) is 0 Å². The fraction of sp³-hybridized carbons (Fsp3) is 0.211. The molecule has 0 saturated heterocycles. The summed E-state index contributed by atoms with van der Waals surface area (Å²) in [7, 11) is 0. The van der Waals surface area contributed by atoms with Crippen LogP contribution in [0.3, 0.4) is 0 Å². The summed E-state index contributed by atoms with van der Waals surface area (Å²) in [6, 6.07) is 14.5. The lowest BCUT2D eigenvalue weighted by molar-refractivity contribution is -0.274. The van der Waals surface area contributed by atoms with Gasteiger partial charge < -0.3 is 20.1 Å². The number of hydrogen-bond acceptors (Lipinski definition) is 8. The Morgan fingerprint density at radius 2 is 1.77 bits per heavy atom. The SMILES string of the molecule is O=C(CSc1nnc(Nc2ccc(OC(F)(F)F)cc2)s1)NCCOc1ccccc1. The highest BCUT2D eigenvalue weighted by atomic mass is 32.2. The highest BCUT2D eigenvalue weighted by molar-refractivity contribution is 8.01. The Balaban J connectivity index is 1.37. The van der Waals surface area contributed by atoms with Gasteiger partial charge in [-0.2, -0.15) is 0 Å². The summed E-state index contributed by atoms with van der Waals surface area (Å²) >= 11 is 2.45. The average molecular weight is 470 g/mol. The number of benzene rings is 2. The lowest BCUT2D eigenvalue weighted by atomic mass is 10.3. The molecule has 7 nitrogen and oxygen atoms in total. The monoisotopic (exact) mass is 470 g/mol. The van der Waals surface area contributed by atoms with E-state index >= 15 is 0 Å². The number of ether oxygens (including phenoxy) is 2. The topological polar surface area (TPSA) is 85.4 Å². The molecule has 1 heterocycles. The van der Waals surface area contributed by atoms with Gasteiger partial charge in [-0.1, -0.05) is 41.3 Å². The molecule has 0 spiro atoms. The largest absolute Gasteiger partial charge is 0.573 e. The maximum absolute atomic E-state index is 12.2. The summed E-state index contributed by atoms with van der Waals surface area (Å²) in [4.78, 5) is 11.9. The molecule has 1 aromatic heterocycles. The lowest BCUT2D eigenvalue weighted by Crippen LogP contribution is -2.29. The van der Waals surface area contributed by atoms with Crippen LogP contribution in [0.25, 0.3) is 0 Å². The number of halogens is 3. The maximum Gasteiger partial charge on any atom is 0.573 e. The van der Waals surface area contributed by atoms with E-state index in [-0.39, 0.29) is 17.4 Å². The van der Waals surface area contributed by atoms with E-state index in [1.165, 1.54) is 47.4 Å². The number of alkyl halides is 3. The zero-order valence-electron chi connectivity index (χ0n) is 15.9. The van der Waals surface area contributed by atoms with Crippen LogP contribution in [0.4, 0.5) is 24.0 Å². The van der Waals surface area contributed by atoms with Gasteiger partial charge in [0.2, 0.25) is 11.0 Å². The van der Waals surface area contributed by atoms with Crippen molar-refractivity contribution in [2.24, 2.45) is 0 Å². The molecule has 1 amide bonds. The Labute approximate surface area is 184 Å². The third-order valence-corrected chi connectivity index (χ3v) is 5.48. The van der Waals surface area contributed by atoms with Crippen LogP contribution in [-0.4, -0.2) is 41.4 Å². The third-order valence-electron chi connectivity index (χ3n) is 3.51. The van der Waals surface area contributed by atoms with E-state index in [2.05, 4.69) is 25.6 Å². The molecular weight excluding hydrogens is 453 g/mol. The molecule has 0 aliphatic heterocycles. The predicted octanol–water partition coefficient (Wildman–Crippen LogP) is 4.47. The molecule has 0 fully saturated rings. The van der Waals surface area contributed by atoms with E-state index in [9.17, 15) is 18.0 Å². The van der Waals surface area contributed by atoms with Gasteiger partial charge in [-0.05, 0) is 36.4 Å². The number of anilines is 2. The van der Waals surface area contributed by atoms with E-state index in [1.807, 2.05) is 30.3 Å². The molecular formula is C19H17F3N4O3S2. The number of carbonyl (C=O) groups is 1. The number of para-hydroxylation sites is 1. The molecule has 3 aromatic rings. The van der Waals surface area contributed by atoms with Crippen LogP contribution >= 0.6 is 23.1 Å². The van der Waals surface area contributed by atoms with Gasteiger partial charge in [-0.25, -0.2) is 0 Å². The van der Waals surface area contributed by atoms with Crippen molar-refractivity contribution in [2.45, 2.75) is 10.7 Å². The van der Waals surface area contributed by atoms with Crippen molar-refractivity contribution in [2.75, 3.05) is 24.2 Å². The molecule has 0 bridgehead atoms. The number of amides is 1. The van der Waals surface area contributed by atoms with Crippen LogP contribution in [0, 0.1) is 0 Å². The van der Waals surface area contributed by atoms with Gasteiger partial charge in [0.1, 0.15) is 18.1 Å². The molecule has 0 aliphatic carbocycles. The first-order valence-electron chi connectivity index (χ1n) is 8.91. The van der Waals surface area contributed by atoms with E-state index < -0.39 is 6.36 Å². The minimum atomic E-state index is -4.73. The fourth-order valence-electron chi connectivity index (χ4n) is 2.24. The summed E-state index contributed by atoms with van der Waals surface area (Å²) in [6.45, 7) is 0.741. The van der Waals surface area contributed by atoms with Crippen LogP contribution in [0.5, 0.6) is 11.5 Å². The van der Waals surface area contributed by atoms with Gasteiger partial charge in [0.25, 0.3) is 0 Å². The predicted molar refractivity (Wildman–Crippen MR) is 112 cm³/mol. The number of rotatable bonds is 10. The summed E-state index contributed by atoms with van der Waals surface area (Å²) in [5, 5.41) is 14.1. The molecule has 31 heavy (non-hydrogen) atoms. The smallest absolute Gasteiger partial charge is 0.492 e. The Morgan fingerprint density at radius 3 is 2.48 bits per heavy atom. The highest BCUT2D eigenvalue weighted by Crippen LogP contribution is 2.29. The molecule has 2 N–H and O–H groups in total. The van der Waals surface area contributed by atoms with Crippen molar-refractivity contribution < 1.29 is 27.4 Å². The molecule has 0 unspecified atom stereocenters. The van der Waals surface area contributed by atoms with E-state index in [1.54, 1.807) is 0 Å². The number of hydrogen-bond donors (Lipinski definition) is 2. The Kier molecular flexibility index (Phi) is 7.95. The van der Waals surface area contributed by atoms with E-state index in [4.69, 9.17) is 4.74 Å². The zero-order valence-corrected chi connectivity index (χ0v) is 17.5. The second kappa shape index (κ2) is 10.9. The standard InChI is InChI=1S/C19H17F3N4O3S2/c20-19(21,22)29-15-8-6-13(7-9-15)24-17-25-26-18(31-17)30-12-16(27)23-10-11-28-14-4-2-1-3-5-14/h1-9H,10-12H2,(H,23,27)(H,24,25). The highest BCUT2D eigenvalue weighted by Gasteiger charge is 2.30. The molecule has 3 rings (SSSR count). The fourth-order valence-corrected chi connectivity index (χ4v) is 3.84. The number of nitrogens with one attached hydrogen (secondary N) is 2. The first-order chi connectivity index (χ1) is 14.9. The normalized spacial score (nSPS) is 11.1. The quantitative estimate of drug-likeness (QED) is 0.334. The molecule has 2 aromatic carbocycles. The van der Waals surface area contributed by atoms with Crippen LogP contribution in [-0.2, 0) is 4.79 Å². The van der Waals surface area contributed by atoms with Gasteiger partial charge in [-0.3, -0.25) is 4.79 Å². The molecule has 0 atom stereocenters. The van der Waals surface area contributed by atoms with Crippen LogP contribution in [0.2, 0.25) is 0 Å². The number of carbonyl (C=O) groups excluding carboxylic acids is 1. The lowest BCUT2D eigenvalue weighted by Gasteiger charge is -2.09. The summed E-state index contributed by atoms with van der Waals surface area (Å²) in [5.41, 5.74) is 0.526. The van der Waals surface area contributed by atoms with Gasteiger partial charge >= 0.3 is 6.36 Å². The second-order valence-corrected chi connectivity index (χ2v) is 8.07. The third kappa shape index (κ3) is 8.34. The van der Waals surface area contributed by atoms with Crippen molar-refractivity contribution in [3.63, 3.8) is 0 Å². The average Bonchev–Trinajstić information content (AvgIpc) is 3.18. The van der Waals surface area contributed by atoms with Crippen molar-refractivity contribution in [3.8, 4) is 11.5 Å². The molecule has 12 heteroatoms. The summed E-state index contributed by atoms with van der Waals surface area (Å²) in [5.74, 6) is 0.435. The first kappa shape index (κ1) is 22.7. The molecule has 0 aliphatic rings. The van der Waals surface area contributed by atoms with Gasteiger partial charge in [-0.15, -0.1) is 23.4 Å². The van der Waals surface area contributed by atoms with Crippen LogP contribution < -0.4 is 20.1 Å². The second-order valence-electron chi connectivity index (χ2n) is 5.87. The van der Waals surface area contributed by atoms with Gasteiger partial charge in [0, 0.05) is 5.69 Å². The van der Waals surface area contributed by atoms with Gasteiger partial charge in [0.15, 0.2) is 4.34 Å². The van der Waals surface area contributed by atoms with Crippen molar-refractivity contribution >= 4 is 39.8 Å².